The van der Waals surface area contributed by atoms with Crippen LogP contribution in [0, 0.1) is 0 Å². The predicted molar refractivity (Wildman–Crippen MR) is 256 cm³/mol. The molecule has 310 valence electrons. The van der Waals surface area contributed by atoms with Crippen molar-refractivity contribution in [2.75, 3.05) is 0 Å². The van der Waals surface area contributed by atoms with E-state index in [-0.39, 0.29) is 0 Å². The Morgan fingerprint density at radius 3 is 0.833 bits per heavy atom. The van der Waals surface area contributed by atoms with Crippen LogP contribution in [0.4, 0.5) is 0 Å². The van der Waals surface area contributed by atoms with E-state index in [4.69, 9.17) is 49.3 Å². The van der Waals surface area contributed by atoms with Crippen LogP contribution in [0.2, 0.25) is 0 Å². The summed E-state index contributed by atoms with van der Waals surface area (Å²) in [5.74, 6) is 5.00. The molecule has 0 unspecified atom stereocenters. The Morgan fingerprint density at radius 1 is 0.227 bits per heavy atom. The minimum absolute atomic E-state index is 0.293. The van der Waals surface area contributed by atoms with Gasteiger partial charge in [-0.2, -0.15) is 0 Å². The molecule has 0 saturated heterocycles. The van der Waals surface area contributed by atoms with Crippen LogP contribution in [-0.4, -0.2) is 39.9 Å². The smallest absolute Gasteiger partial charge is 0.284 e. The van der Waals surface area contributed by atoms with Gasteiger partial charge in [0.1, 0.15) is 0 Å². The molecule has 0 N–H and O–H groups in total. The topological polar surface area (TPSA) is 122 Å². The Bertz CT molecular complexity index is 3240. The lowest BCUT2D eigenvalue weighted by Crippen LogP contribution is -2.04. The Balaban J connectivity index is 1.02. The van der Waals surface area contributed by atoms with Gasteiger partial charge in [0, 0.05) is 33.4 Å². The Labute approximate surface area is 379 Å². The van der Waals surface area contributed by atoms with Crippen LogP contribution in [0.5, 0.6) is 23.3 Å². The third-order valence-corrected chi connectivity index (χ3v) is 11.3. The summed E-state index contributed by atoms with van der Waals surface area (Å²) in [5, 5.41) is 0. The highest BCUT2D eigenvalue weighted by Gasteiger charge is 2.26. The van der Waals surface area contributed by atoms with E-state index in [2.05, 4.69) is 24.3 Å². The number of fused-ring (bicyclic) bond motifs is 3. The lowest BCUT2D eigenvalue weighted by atomic mass is 9.92. The molecule has 66 heavy (non-hydrogen) atoms. The summed E-state index contributed by atoms with van der Waals surface area (Å²) in [5.41, 5.74) is 10.2. The van der Waals surface area contributed by atoms with Gasteiger partial charge >= 0.3 is 0 Å². The minimum Gasteiger partial charge on any atom is -0.431 e. The van der Waals surface area contributed by atoms with Crippen LogP contribution in [0.25, 0.3) is 102 Å². The molecule has 0 saturated carbocycles. The van der Waals surface area contributed by atoms with E-state index in [1.807, 2.05) is 182 Å². The van der Waals surface area contributed by atoms with Crippen molar-refractivity contribution in [2.45, 2.75) is 0 Å². The summed E-state index contributed by atoms with van der Waals surface area (Å²) < 4.78 is 13.1. The molecular formula is C56H34N8O2. The van der Waals surface area contributed by atoms with Gasteiger partial charge in [-0.15, -0.1) is 0 Å². The van der Waals surface area contributed by atoms with Crippen LogP contribution in [0.1, 0.15) is 0 Å². The first-order chi connectivity index (χ1) is 32.6. The van der Waals surface area contributed by atoms with Crippen LogP contribution in [0.3, 0.4) is 0 Å². The largest absolute Gasteiger partial charge is 0.431 e. The van der Waals surface area contributed by atoms with Gasteiger partial charge in [0.15, 0.2) is 46.4 Å². The first-order valence-corrected chi connectivity index (χ1v) is 21.4. The van der Waals surface area contributed by atoms with Crippen LogP contribution < -0.4 is 9.47 Å². The molecule has 0 aliphatic carbocycles. The highest BCUT2D eigenvalue weighted by atomic mass is 16.6. The van der Waals surface area contributed by atoms with E-state index in [1.165, 1.54) is 0 Å². The summed E-state index contributed by atoms with van der Waals surface area (Å²) in [6.45, 7) is 0. The standard InChI is InChI=1S/C56H34N8O2/c1-5-17-35(18-6-1)49-59-50(36-19-7-2-8-20-36)62-53(61-49)41-27-15-25-39(31-41)43-33-47-48(66-56-55(65-47)57-45-29-13-14-30-46(45)58-56)34-44(43)40-26-16-28-42(32-40)54-63-51(37-21-9-3-10-22-37)60-52(64-54)38-23-11-4-12-24-38/h1-34H. The first-order valence-electron chi connectivity index (χ1n) is 21.4. The van der Waals surface area contributed by atoms with Gasteiger partial charge in [-0.3, -0.25) is 0 Å². The van der Waals surface area contributed by atoms with E-state index in [0.717, 1.165) is 55.6 Å². The van der Waals surface area contributed by atoms with Gasteiger partial charge in [0.05, 0.1) is 11.0 Å². The monoisotopic (exact) mass is 850 g/mol. The van der Waals surface area contributed by atoms with Crippen molar-refractivity contribution in [3.8, 4) is 114 Å². The van der Waals surface area contributed by atoms with Crippen molar-refractivity contribution in [3.05, 3.63) is 206 Å². The Morgan fingerprint density at radius 2 is 0.500 bits per heavy atom. The fraction of sp³-hybridized carbons (Fsp3) is 0. The molecule has 0 radical (unpaired) electrons. The van der Waals surface area contributed by atoms with Gasteiger partial charge in [-0.05, 0) is 58.7 Å². The maximum absolute atomic E-state index is 6.53. The van der Waals surface area contributed by atoms with Gasteiger partial charge in [-0.1, -0.05) is 170 Å². The van der Waals surface area contributed by atoms with Crippen molar-refractivity contribution in [3.63, 3.8) is 0 Å². The molecule has 11 aromatic rings. The summed E-state index contributed by atoms with van der Waals surface area (Å²) in [4.78, 5) is 39.5. The van der Waals surface area contributed by atoms with Gasteiger partial charge in [-0.25, -0.2) is 39.9 Å². The average Bonchev–Trinajstić information content (AvgIpc) is 3.40. The number of rotatable bonds is 8. The van der Waals surface area contributed by atoms with E-state index in [1.54, 1.807) is 0 Å². The number of benzene rings is 8. The number of para-hydroxylation sites is 2. The fourth-order valence-corrected chi connectivity index (χ4v) is 8.03. The minimum atomic E-state index is 0.293. The number of hydrogen-bond donors (Lipinski definition) is 0. The van der Waals surface area contributed by atoms with Crippen LogP contribution >= 0.6 is 0 Å². The number of aromatic nitrogens is 8. The molecule has 0 bridgehead atoms. The number of ether oxygens (including phenoxy) is 2. The van der Waals surface area contributed by atoms with E-state index in [0.29, 0.717) is 69.2 Å². The van der Waals surface area contributed by atoms with Gasteiger partial charge in [0.25, 0.3) is 11.8 Å². The van der Waals surface area contributed by atoms with E-state index in [9.17, 15) is 0 Å². The Kier molecular flexibility index (Phi) is 9.57. The van der Waals surface area contributed by atoms with Crippen molar-refractivity contribution < 1.29 is 9.47 Å². The zero-order valence-corrected chi connectivity index (χ0v) is 35.0. The molecular weight excluding hydrogens is 817 g/mol. The summed E-state index contributed by atoms with van der Waals surface area (Å²) >= 11 is 0. The molecule has 3 aromatic heterocycles. The molecule has 0 atom stereocenters. The summed E-state index contributed by atoms with van der Waals surface area (Å²) in [6, 6.07) is 67.9. The van der Waals surface area contributed by atoms with Crippen LogP contribution in [-0.2, 0) is 0 Å². The lowest BCUT2D eigenvalue weighted by Gasteiger charge is -2.22. The van der Waals surface area contributed by atoms with Gasteiger partial charge < -0.3 is 9.47 Å². The molecule has 10 nitrogen and oxygen atoms in total. The van der Waals surface area contributed by atoms with Crippen molar-refractivity contribution in [1.29, 1.82) is 0 Å². The Hall–Kier alpha value is -9.28. The quantitative estimate of drug-likeness (QED) is 0.146. The molecule has 8 aromatic carbocycles. The van der Waals surface area contributed by atoms with E-state index < -0.39 is 0 Å². The van der Waals surface area contributed by atoms with Crippen LogP contribution in [0.15, 0.2) is 206 Å². The molecule has 0 spiro atoms. The third kappa shape index (κ3) is 7.44. The van der Waals surface area contributed by atoms with E-state index >= 15 is 0 Å². The number of nitrogens with zero attached hydrogens (tertiary/aromatic N) is 8. The van der Waals surface area contributed by atoms with Crippen molar-refractivity contribution >= 4 is 11.0 Å². The zero-order valence-electron chi connectivity index (χ0n) is 35.0. The average molecular weight is 851 g/mol. The van der Waals surface area contributed by atoms with Gasteiger partial charge in [0.2, 0.25) is 0 Å². The van der Waals surface area contributed by atoms with Crippen molar-refractivity contribution in [2.24, 2.45) is 0 Å². The second kappa shape index (κ2) is 16.4. The lowest BCUT2D eigenvalue weighted by molar-refractivity contribution is 0.339. The normalized spacial score (nSPS) is 11.6. The highest BCUT2D eigenvalue weighted by molar-refractivity contribution is 5.89. The third-order valence-electron chi connectivity index (χ3n) is 11.3. The second-order valence-corrected chi connectivity index (χ2v) is 15.6. The summed E-state index contributed by atoms with van der Waals surface area (Å²) in [6.07, 6.45) is 0. The summed E-state index contributed by atoms with van der Waals surface area (Å²) in [7, 11) is 0. The second-order valence-electron chi connectivity index (χ2n) is 15.6. The highest BCUT2D eigenvalue weighted by Crippen LogP contribution is 2.49. The maximum atomic E-state index is 6.53. The molecule has 1 aliphatic heterocycles. The van der Waals surface area contributed by atoms with Crippen molar-refractivity contribution in [1.82, 2.24) is 39.9 Å². The molecule has 10 heteroatoms. The SMILES string of the molecule is c1ccc(-c2nc(-c3ccccc3)nc(-c3cccc(-c4cc5c(cc4-c4cccc(-c6nc(-c7ccccc7)nc(-c7ccccc7)n6)c4)Oc4nc6ccccc6nc4O5)c3)n2)cc1. The molecule has 1 aliphatic rings. The fourth-order valence-electron chi connectivity index (χ4n) is 8.03. The predicted octanol–water partition coefficient (Wildman–Crippen LogP) is 13.2. The molecule has 0 amide bonds. The first kappa shape index (κ1) is 38.4. The molecule has 0 fully saturated rings. The maximum Gasteiger partial charge on any atom is 0.284 e. The zero-order chi connectivity index (χ0) is 43.8. The molecule has 12 rings (SSSR count). The number of hydrogen-bond acceptors (Lipinski definition) is 10. The molecule has 4 heterocycles.